The lowest BCUT2D eigenvalue weighted by Crippen LogP contribution is -2.12. The second-order valence-corrected chi connectivity index (χ2v) is 5.63. The third-order valence-electron chi connectivity index (χ3n) is 2.80. The molecule has 1 heterocycles. The molecule has 0 saturated carbocycles. The molecule has 1 unspecified atom stereocenters. The van der Waals surface area contributed by atoms with Crippen LogP contribution in [0.15, 0.2) is 16.6 Å². The molecular weight excluding hydrogens is 312 g/mol. The lowest BCUT2D eigenvalue weighted by Gasteiger charge is -2.17. The average Bonchev–Trinajstić information content (AvgIpc) is 2.61. The lowest BCUT2D eigenvalue weighted by atomic mass is 10.1. The number of hydrogen-bond donors (Lipinski definition) is 1. The molecule has 1 aromatic carbocycles. The number of aliphatic hydroxyl groups is 1. The SMILES string of the molecule is CC(C)OCC(O)c1cc(Br)c2c(c1)OCCCO2. The van der Waals surface area contributed by atoms with Crippen LogP contribution in [0.25, 0.3) is 0 Å². The van der Waals surface area contributed by atoms with E-state index in [0.717, 1.165) is 16.5 Å². The second-order valence-electron chi connectivity index (χ2n) is 4.78. The van der Waals surface area contributed by atoms with Gasteiger partial charge in [0.2, 0.25) is 0 Å². The molecule has 106 valence electrons. The largest absolute Gasteiger partial charge is 0.490 e. The van der Waals surface area contributed by atoms with Crippen LogP contribution in [0.1, 0.15) is 31.9 Å². The molecule has 0 amide bonds. The van der Waals surface area contributed by atoms with Crippen LogP contribution in [-0.2, 0) is 4.74 Å². The van der Waals surface area contributed by atoms with Gasteiger partial charge in [-0.25, -0.2) is 0 Å². The minimum atomic E-state index is -0.671. The highest BCUT2D eigenvalue weighted by atomic mass is 79.9. The standard InChI is InChI=1S/C14H19BrO4/c1-9(2)19-8-12(16)10-6-11(15)14-13(7-10)17-4-3-5-18-14/h6-7,9,12,16H,3-5,8H2,1-2H3. The summed E-state index contributed by atoms with van der Waals surface area (Å²) >= 11 is 3.46. The summed E-state index contributed by atoms with van der Waals surface area (Å²) in [4.78, 5) is 0. The van der Waals surface area contributed by atoms with Crippen LogP contribution >= 0.6 is 15.9 Å². The van der Waals surface area contributed by atoms with E-state index in [-0.39, 0.29) is 12.7 Å². The fraction of sp³-hybridized carbons (Fsp3) is 0.571. The van der Waals surface area contributed by atoms with Crippen LogP contribution in [0.3, 0.4) is 0 Å². The Balaban J connectivity index is 2.18. The molecule has 19 heavy (non-hydrogen) atoms. The Bertz CT molecular complexity index is 434. The van der Waals surface area contributed by atoms with Gasteiger partial charge < -0.3 is 19.3 Å². The van der Waals surface area contributed by atoms with E-state index < -0.39 is 6.10 Å². The van der Waals surface area contributed by atoms with Gasteiger partial charge in [0.25, 0.3) is 0 Å². The molecule has 1 atom stereocenters. The molecule has 5 heteroatoms. The van der Waals surface area contributed by atoms with Crippen molar-refractivity contribution in [1.82, 2.24) is 0 Å². The minimum Gasteiger partial charge on any atom is -0.490 e. The zero-order chi connectivity index (χ0) is 13.8. The highest BCUT2D eigenvalue weighted by Crippen LogP contribution is 2.39. The number of aliphatic hydroxyl groups excluding tert-OH is 1. The molecule has 1 aliphatic rings. The predicted octanol–water partition coefficient (Wildman–Crippen LogP) is 3.07. The second kappa shape index (κ2) is 6.59. The van der Waals surface area contributed by atoms with E-state index in [9.17, 15) is 5.11 Å². The summed E-state index contributed by atoms with van der Waals surface area (Å²) in [6.07, 6.45) is 0.282. The first-order valence-electron chi connectivity index (χ1n) is 6.46. The van der Waals surface area contributed by atoms with E-state index in [1.54, 1.807) is 0 Å². The van der Waals surface area contributed by atoms with Crippen molar-refractivity contribution < 1.29 is 19.3 Å². The summed E-state index contributed by atoms with van der Waals surface area (Å²) in [5.74, 6) is 1.38. The van der Waals surface area contributed by atoms with Gasteiger partial charge in [-0.3, -0.25) is 0 Å². The smallest absolute Gasteiger partial charge is 0.175 e. The van der Waals surface area contributed by atoms with Crippen molar-refractivity contribution in [2.45, 2.75) is 32.5 Å². The highest BCUT2D eigenvalue weighted by molar-refractivity contribution is 9.10. The molecule has 4 nitrogen and oxygen atoms in total. The van der Waals surface area contributed by atoms with Crippen LogP contribution in [0.5, 0.6) is 11.5 Å². The van der Waals surface area contributed by atoms with Gasteiger partial charge in [-0.1, -0.05) is 0 Å². The van der Waals surface area contributed by atoms with E-state index in [4.69, 9.17) is 14.2 Å². The van der Waals surface area contributed by atoms with Gasteiger partial charge >= 0.3 is 0 Å². The van der Waals surface area contributed by atoms with Gasteiger partial charge in [-0.15, -0.1) is 0 Å². The van der Waals surface area contributed by atoms with E-state index in [1.165, 1.54) is 0 Å². The van der Waals surface area contributed by atoms with Gasteiger partial charge in [0, 0.05) is 6.42 Å². The molecule has 0 aromatic heterocycles. The third-order valence-corrected chi connectivity index (χ3v) is 3.39. The fourth-order valence-electron chi connectivity index (χ4n) is 1.82. The summed E-state index contributed by atoms with van der Waals surface area (Å²) in [6.45, 7) is 5.42. The van der Waals surface area contributed by atoms with Crippen LogP contribution in [0, 0.1) is 0 Å². The van der Waals surface area contributed by atoms with E-state index in [2.05, 4.69) is 15.9 Å². The van der Waals surface area contributed by atoms with Crippen LogP contribution < -0.4 is 9.47 Å². The Morgan fingerprint density at radius 3 is 2.79 bits per heavy atom. The van der Waals surface area contributed by atoms with E-state index >= 15 is 0 Å². The Hall–Kier alpha value is -0.780. The van der Waals surface area contributed by atoms with E-state index in [1.807, 2.05) is 26.0 Å². The first-order chi connectivity index (χ1) is 9.08. The Morgan fingerprint density at radius 2 is 2.05 bits per heavy atom. The van der Waals surface area contributed by atoms with Crippen molar-refractivity contribution in [1.29, 1.82) is 0 Å². The summed E-state index contributed by atoms with van der Waals surface area (Å²) in [5, 5.41) is 10.1. The molecule has 0 bridgehead atoms. The summed E-state index contributed by atoms with van der Waals surface area (Å²) in [6, 6.07) is 3.67. The number of rotatable bonds is 4. The summed E-state index contributed by atoms with van der Waals surface area (Å²) in [5.41, 5.74) is 0.761. The minimum absolute atomic E-state index is 0.0958. The first-order valence-corrected chi connectivity index (χ1v) is 7.26. The topological polar surface area (TPSA) is 47.9 Å². The Morgan fingerprint density at radius 1 is 1.32 bits per heavy atom. The number of fused-ring (bicyclic) bond motifs is 1. The number of ether oxygens (including phenoxy) is 3. The molecule has 1 N–H and O–H groups in total. The average molecular weight is 331 g/mol. The lowest BCUT2D eigenvalue weighted by molar-refractivity contribution is 0.00482. The quantitative estimate of drug-likeness (QED) is 0.921. The molecule has 0 spiro atoms. The third kappa shape index (κ3) is 3.84. The maximum absolute atomic E-state index is 10.1. The van der Waals surface area contributed by atoms with Crippen molar-refractivity contribution >= 4 is 15.9 Å². The summed E-state index contributed by atoms with van der Waals surface area (Å²) < 4.78 is 17.5. The number of hydrogen-bond acceptors (Lipinski definition) is 4. The molecule has 0 saturated heterocycles. The Labute approximate surface area is 121 Å². The van der Waals surface area contributed by atoms with Crippen molar-refractivity contribution in [3.05, 3.63) is 22.2 Å². The van der Waals surface area contributed by atoms with Crippen molar-refractivity contribution in [3.8, 4) is 11.5 Å². The Kier molecular flexibility index (Phi) is 5.07. The normalized spacial score (nSPS) is 16.3. The van der Waals surface area contributed by atoms with Crippen LogP contribution in [0.2, 0.25) is 0 Å². The fourth-order valence-corrected chi connectivity index (χ4v) is 2.40. The van der Waals surface area contributed by atoms with Crippen LogP contribution in [0.4, 0.5) is 0 Å². The monoisotopic (exact) mass is 330 g/mol. The van der Waals surface area contributed by atoms with Gasteiger partial charge in [0.15, 0.2) is 11.5 Å². The van der Waals surface area contributed by atoms with Gasteiger partial charge in [0.05, 0.1) is 30.4 Å². The molecule has 1 aromatic rings. The van der Waals surface area contributed by atoms with Gasteiger partial charge in [0.1, 0.15) is 6.10 Å². The van der Waals surface area contributed by atoms with Gasteiger partial charge in [-0.05, 0) is 47.5 Å². The molecule has 1 aliphatic heterocycles. The van der Waals surface area contributed by atoms with Crippen molar-refractivity contribution in [3.63, 3.8) is 0 Å². The molecule has 2 rings (SSSR count). The first kappa shape index (κ1) is 14.6. The van der Waals surface area contributed by atoms with Crippen molar-refractivity contribution in [2.24, 2.45) is 0 Å². The number of halogens is 1. The molecule has 0 aliphatic carbocycles. The van der Waals surface area contributed by atoms with Crippen molar-refractivity contribution in [2.75, 3.05) is 19.8 Å². The molecular formula is C14H19BrO4. The zero-order valence-corrected chi connectivity index (χ0v) is 12.8. The van der Waals surface area contributed by atoms with Crippen LogP contribution in [-0.4, -0.2) is 31.0 Å². The summed E-state index contributed by atoms with van der Waals surface area (Å²) in [7, 11) is 0. The highest BCUT2D eigenvalue weighted by Gasteiger charge is 2.18. The van der Waals surface area contributed by atoms with Gasteiger partial charge in [-0.2, -0.15) is 0 Å². The zero-order valence-electron chi connectivity index (χ0n) is 11.2. The van der Waals surface area contributed by atoms with E-state index in [0.29, 0.717) is 24.7 Å². The maximum atomic E-state index is 10.1. The predicted molar refractivity (Wildman–Crippen MR) is 75.8 cm³/mol. The molecule has 0 fully saturated rings. The maximum Gasteiger partial charge on any atom is 0.175 e. The number of benzene rings is 1. The molecule has 0 radical (unpaired) electrons.